The lowest BCUT2D eigenvalue weighted by atomic mass is 10.1. The summed E-state index contributed by atoms with van der Waals surface area (Å²) in [6.45, 7) is 7.45. The number of anilines is 1. The van der Waals surface area contributed by atoms with E-state index in [1.807, 2.05) is 26.0 Å². The molecule has 0 aliphatic heterocycles. The molecule has 0 fully saturated rings. The fourth-order valence-electron chi connectivity index (χ4n) is 2.39. The van der Waals surface area contributed by atoms with Crippen LogP contribution in [-0.4, -0.2) is 46.4 Å². The molecule has 0 heterocycles. The molecule has 0 saturated carbocycles. The van der Waals surface area contributed by atoms with Gasteiger partial charge in [-0.15, -0.1) is 0 Å². The first-order valence-corrected chi connectivity index (χ1v) is 9.28. The molecule has 0 radical (unpaired) electrons. The first-order valence-electron chi connectivity index (χ1n) is 7.44. The summed E-state index contributed by atoms with van der Waals surface area (Å²) in [7, 11) is -2.06. The van der Waals surface area contributed by atoms with Gasteiger partial charge in [-0.1, -0.05) is 12.1 Å². The van der Waals surface area contributed by atoms with Gasteiger partial charge >= 0.3 is 0 Å². The number of carbonyl (C=O) groups is 1. The van der Waals surface area contributed by atoms with Crippen LogP contribution in [-0.2, 0) is 19.6 Å². The third kappa shape index (κ3) is 5.21. The van der Waals surface area contributed by atoms with E-state index in [0.717, 1.165) is 17.4 Å². The zero-order valence-electron chi connectivity index (χ0n) is 14.6. The standard InChI is InChI=1S/C16H26N2O4S/c1-11-7-8-12(2)15(9-11)18(23(6,20)21)14(4)16(19)17-13(3)10-22-5/h7-9,13-14H,10H2,1-6H3,(H,17,19)/t13-,14-/m1/s1. The first-order chi connectivity index (χ1) is 10.6. The minimum atomic E-state index is -3.61. The summed E-state index contributed by atoms with van der Waals surface area (Å²) in [5, 5.41) is 2.77. The minimum absolute atomic E-state index is 0.199. The Bertz CT molecular complexity index is 658. The quantitative estimate of drug-likeness (QED) is 0.817. The van der Waals surface area contributed by atoms with Crippen LogP contribution in [0.15, 0.2) is 18.2 Å². The highest BCUT2D eigenvalue weighted by molar-refractivity contribution is 7.92. The molecule has 1 aromatic carbocycles. The van der Waals surface area contributed by atoms with Crippen LogP contribution in [0.25, 0.3) is 0 Å². The van der Waals surface area contributed by atoms with Crippen LogP contribution in [0.3, 0.4) is 0 Å². The molecule has 23 heavy (non-hydrogen) atoms. The van der Waals surface area contributed by atoms with Crippen molar-refractivity contribution in [3.05, 3.63) is 29.3 Å². The number of hydrogen-bond acceptors (Lipinski definition) is 4. The van der Waals surface area contributed by atoms with E-state index in [1.54, 1.807) is 27.0 Å². The molecule has 0 unspecified atom stereocenters. The van der Waals surface area contributed by atoms with E-state index >= 15 is 0 Å². The molecule has 0 aliphatic carbocycles. The lowest BCUT2D eigenvalue weighted by Gasteiger charge is -2.30. The van der Waals surface area contributed by atoms with E-state index in [2.05, 4.69) is 5.32 Å². The van der Waals surface area contributed by atoms with Gasteiger partial charge in [-0.2, -0.15) is 0 Å². The number of benzene rings is 1. The fraction of sp³-hybridized carbons (Fsp3) is 0.562. The van der Waals surface area contributed by atoms with Crippen molar-refractivity contribution in [3.8, 4) is 0 Å². The van der Waals surface area contributed by atoms with Crippen LogP contribution in [0.4, 0.5) is 5.69 Å². The van der Waals surface area contributed by atoms with Gasteiger partial charge < -0.3 is 10.1 Å². The molecule has 1 rings (SSSR count). The van der Waals surface area contributed by atoms with Crippen LogP contribution in [0.2, 0.25) is 0 Å². The maximum atomic E-state index is 12.4. The summed E-state index contributed by atoms with van der Waals surface area (Å²) < 4.78 is 30.7. The third-order valence-electron chi connectivity index (χ3n) is 3.50. The second kappa shape index (κ2) is 7.79. The first kappa shape index (κ1) is 19.4. The highest BCUT2D eigenvalue weighted by atomic mass is 32.2. The van der Waals surface area contributed by atoms with Gasteiger partial charge in [-0.25, -0.2) is 8.42 Å². The van der Waals surface area contributed by atoms with Gasteiger partial charge in [0.1, 0.15) is 6.04 Å². The van der Waals surface area contributed by atoms with E-state index in [0.29, 0.717) is 12.3 Å². The van der Waals surface area contributed by atoms with Crippen molar-refractivity contribution in [1.29, 1.82) is 0 Å². The normalized spacial score (nSPS) is 14.2. The largest absolute Gasteiger partial charge is 0.383 e. The predicted molar refractivity (Wildman–Crippen MR) is 92.2 cm³/mol. The monoisotopic (exact) mass is 342 g/mol. The summed E-state index contributed by atoms with van der Waals surface area (Å²) in [6, 6.07) is 4.48. The zero-order valence-corrected chi connectivity index (χ0v) is 15.4. The molecule has 0 saturated heterocycles. The van der Waals surface area contributed by atoms with Gasteiger partial charge in [0.05, 0.1) is 18.6 Å². The van der Waals surface area contributed by atoms with Crippen molar-refractivity contribution in [1.82, 2.24) is 5.32 Å². The van der Waals surface area contributed by atoms with Crippen LogP contribution in [0.5, 0.6) is 0 Å². The summed E-state index contributed by atoms with van der Waals surface area (Å²) in [4.78, 5) is 12.4. The lowest BCUT2D eigenvalue weighted by molar-refractivity contribution is -0.122. The number of sulfonamides is 1. The number of nitrogens with zero attached hydrogens (tertiary/aromatic N) is 1. The summed E-state index contributed by atoms with van der Waals surface area (Å²) >= 11 is 0. The predicted octanol–water partition coefficient (Wildman–Crippen LogP) is 1.61. The number of aryl methyl sites for hydroxylation is 2. The molecule has 0 aromatic heterocycles. The Labute approximate surface area is 138 Å². The van der Waals surface area contributed by atoms with Crippen molar-refractivity contribution in [2.75, 3.05) is 24.3 Å². The molecule has 1 aromatic rings. The number of methoxy groups -OCH3 is 1. The van der Waals surface area contributed by atoms with E-state index in [1.165, 1.54) is 4.31 Å². The molecular formula is C16H26N2O4S. The fourth-order valence-corrected chi connectivity index (χ4v) is 3.62. The highest BCUT2D eigenvalue weighted by Crippen LogP contribution is 2.26. The number of rotatable bonds is 7. The maximum Gasteiger partial charge on any atom is 0.243 e. The summed E-state index contributed by atoms with van der Waals surface area (Å²) in [5.41, 5.74) is 2.25. The average molecular weight is 342 g/mol. The Morgan fingerprint density at radius 3 is 2.43 bits per heavy atom. The number of hydrogen-bond donors (Lipinski definition) is 1. The van der Waals surface area contributed by atoms with Crippen molar-refractivity contribution < 1.29 is 17.9 Å². The molecule has 7 heteroatoms. The van der Waals surface area contributed by atoms with Gasteiger partial charge in [0, 0.05) is 13.2 Å². The number of nitrogens with one attached hydrogen (secondary N) is 1. The van der Waals surface area contributed by atoms with E-state index in [-0.39, 0.29) is 11.9 Å². The van der Waals surface area contributed by atoms with E-state index in [9.17, 15) is 13.2 Å². The van der Waals surface area contributed by atoms with Crippen molar-refractivity contribution in [2.45, 2.75) is 39.8 Å². The Morgan fingerprint density at radius 1 is 1.30 bits per heavy atom. The second-order valence-corrected chi connectivity index (χ2v) is 7.75. The summed E-state index contributed by atoms with van der Waals surface area (Å²) in [5.74, 6) is -0.360. The number of amides is 1. The van der Waals surface area contributed by atoms with Gasteiger partial charge in [0.2, 0.25) is 15.9 Å². The number of carbonyl (C=O) groups excluding carboxylic acids is 1. The zero-order chi connectivity index (χ0) is 17.8. The van der Waals surface area contributed by atoms with Crippen molar-refractivity contribution in [3.63, 3.8) is 0 Å². The Hall–Kier alpha value is -1.60. The van der Waals surface area contributed by atoms with Crippen LogP contribution < -0.4 is 9.62 Å². The van der Waals surface area contributed by atoms with Crippen LogP contribution in [0, 0.1) is 13.8 Å². The second-order valence-electron chi connectivity index (χ2n) is 5.89. The van der Waals surface area contributed by atoms with Gasteiger partial charge in [-0.05, 0) is 44.9 Å². The van der Waals surface area contributed by atoms with E-state index < -0.39 is 16.1 Å². The van der Waals surface area contributed by atoms with Crippen molar-refractivity contribution in [2.24, 2.45) is 0 Å². The molecule has 1 amide bonds. The molecule has 1 N–H and O–H groups in total. The molecule has 0 spiro atoms. The topological polar surface area (TPSA) is 75.7 Å². The van der Waals surface area contributed by atoms with Gasteiger partial charge in [-0.3, -0.25) is 9.10 Å². The maximum absolute atomic E-state index is 12.4. The van der Waals surface area contributed by atoms with Crippen LogP contribution >= 0.6 is 0 Å². The van der Waals surface area contributed by atoms with Crippen LogP contribution in [0.1, 0.15) is 25.0 Å². The van der Waals surface area contributed by atoms with E-state index in [4.69, 9.17) is 4.74 Å². The molecular weight excluding hydrogens is 316 g/mol. The molecule has 0 bridgehead atoms. The third-order valence-corrected chi connectivity index (χ3v) is 4.72. The lowest BCUT2D eigenvalue weighted by Crippen LogP contribution is -2.50. The SMILES string of the molecule is COC[C@@H](C)NC(=O)[C@@H](C)N(c1cc(C)ccc1C)S(C)(=O)=O. The molecule has 130 valence electrons. The highest BCUT2D eigenvalue weighted by Gasteiger charge is 2.30. The molecule has 2 atom stereocenters. The molecule has 6 nitrogen and oxygen atoms in total. The van der Waals surface area contributed by atoms with Gasteiger partial charge in [0.15, 0.2) is 0 Å². The summed E-state index contributed by atoms with van der Waals surface area (Å²) in [6.07, 6.45) is 1.11. The van der Waals surface area contributed by atoms with Crippen molar-refractivity contribution >= 4 is 21.6 Å². The Kier molecular flexibility index (Phi) is 6.58. The molecule has 0 aliphatic rings. The average Bonchev–Trinajstić information content (AvgIpc) is 2.41. The number of ether oxygens (including phenoxy) is 1. The smallest absolute Gasteiger partial charge is 0.243 e. The Morgan fingerprint density at radius 2 is 1.91 bits per heavy atom. The van der Waals surface area contributed by atoms with Gasteiger partial charge in [0.25, 0.3) is 0 Å². The minimum Gasteiger partial charge on any atom is -0.383 e. The Balaban J connectivity index is 3.17.